The lowest BCUT2D eigenvalue weighted by Crippen LogP contribution is -2.35. The lowest BCUT2D eigenvalue weighted by molar-refractivity contribution is 0.0734. The minimum absolute atomic E-state index is 0.188. The van der Waals surface area contributed by atoms with Gasteiger partial charge in [0.1, 0.15) is 0 Å². The van der Waals surface area contributed by atoms with Crippen LogP contribution in [0.2, 0.25) is 0 Å². The minimum atomic E-state index is -0.188. The Morgan fingerprint density at radius 2 is 2.37 bits per heavy atom. The standard InChI is InChI=1S/C12H20N6O/c1-10(2)8-17(6-3-4-13)12(19)11-9-18(7-5-14)16-15-11/h9-10H,3,5-8,14H2,1-2H3. The van der Waals surface area contributed by atoms with E-state index in [-0.39, 0.29) is 5.91 Å². The number of aromatic nitrogens is 3. The van der Waals surface area contributed by atoms with Crippen LogP contribution in [0.4, 0.5) is 0 Å². The number of nitrogens with two attached hydrogens (primary N) is 1. The van der Waals surface area contributed by atoms with Gasteiger partial charge in [-0.3, -0.25) is 9.48 Å². The Hall–Kier alpha value is -1.94. The van der Waals surface area contributed by atoms with Gasteiger partial charge in [0.15, 0.2) is 5.69 Å². The maximum Gasteiger partial charge on any atom is 0.276 e. The Morgan fingerprint density at radius 3 is 2.95 bits per heavy atom. The van der Waals surface area contributed by atoms with Gasteiger partial charge in [-0.25, -0.2) is 0 Å². The van der Waals surface area contributed by atoms with Gasteiger partial charge in [-0.1, -0.05) is 19.1 Å². The van der Waals surface area contributed by atoms with Crippen molar-refractivity contribution in [3.63, 3.8) is 0 Å². The van der Waals surface area contributed by atoms with Crippen LogP contribution in [0.1, 0.15) is 30.8 Å². The van der Waals surface area contributed by atoms with Gasteiger partial charge in [0, 0.05) is 19.6 Å². The number of hydrogen-bond acceptors (Lipinski definition) is 5. The van der Waals surface area contributed by atoms with Gasteiger partial charge in [-0.15, -0.1) is 5.10 Å². The Balaban J connectivity index is 2.76. The van der Waals surface area contributed by atoms with Gasteiger partial charge in [0.05, 0.1) is 25.2 Å². The molecule has 1 amide bonds. The summed E-state index contributed by atoms with van der Waals surface area (Å²) in [5.41, 5.74) is 5.72. The molecule has 0 atom stereocenters. The number of rotatable bonds is 7. The summed E-state index contributed by atoms with van der Waals surface area (Å²) in [5, 5.41) is 16.3. The summed E-state index contributed by atoms with van der Waals surface area (Å²) in [7, 11) is 0. The number of nitrogens with zero attached hydrogens (tertiary/aromatic N) is 5. The molecule has 7 heteroatoms. The molecule has 104 valence electrons. The zero-order chi connectivity index (χ0) is 14.3. The molecule has 0 spiro atoms. The Labute approximate surface area is 113 Å². The topological polar surface area (TPSA) is 101 Å². The molecule has 0 aliphatic carbocycles. The summed E-state index contributed by atoms with van der Waals surface area (Å²) in [5.74, 6) is 0.147. The predicted octanol–water partition coefficient (Wildman–Crippen LogP) is 0.249. The molecule has 0 bridgehead atoms. The van der Waals surface area contributed by atoms with Gasteiger partial charge in [-0.2, -0.15) is 5.26 Å². The van der Waals surface area contributed by atoms with Gasteiger partial charge < -0.3 is 10.6 Å². The van der Waals surface area contributed by atoms with E-state index in [4.69, 9.17) is 11.0 Å². The number of carbonyl (C=O) groups excluding carboxylic acids is 1. The first kappa shape index (κ1) is 15.1. The predicted molar refractivity (Wildman–Crippen MR) is 70.0 cm³/mol. The Kier molecular flexibility index (Phi) is 5.96. The molecule has 0 aliphatic rings. The molecule has 0 radical (unpaired) electrons. The highest BCUT2D eigenvalue weighted by Gasteiger charge is 2.19. The van der Waals surface area contributed by atoms with Crippen LogP contribution >= 0.6 is 0 Å². The molecule has 0 unspecified atom stereocenters. The summed E-state index contributed by atoms with van der Waals surface area (Å²) < 4.78 is 1.55. The van der Waals surface area contributed by atoms with E-state index in [0.717, 1.165) is 0 Å². The summed E-state index contributed by atoms with van der Waals surface area (Å²) in [4.78, 5) is 13.9. The molecule has 7 nitrogen and oxygen atoms in total. The summed E-state index contributed by atoms with van der Waals surface area (Å²) in [6, 6.07) is 2.05. The number of hydrogen-bond donors (Lipinski definition) is 1. The van der Waals surface area contributed by atoms with Crippen molar-refractivity contribution in [3.05, 3.63) is 11.9 Å². The van der Waals surface area contributed by atoms with Crippen molar-refractivity contribution in [3.8, 4) is 6.07 Å². The second kappa shape index (κ2) is 7.48. The van der Waals surface area contributed by atoms with Crippen molar-refractivity contribution in [2.75, 3.05) is 19.6 Å². The first-order chi connectivity index (χ1) is 9.08. The highest BCUT2D eigenvalue weighted by atomic mass is 16.2. The molecule has 1 rings (SSSR count). The quantitative estimate of drug-likeness (QED) is 0.760. The van der Waals surface area contributed by atoms with Crippen LogP contribution in [0, 0.1) is 17.2 Å². The van der Waals surface area contributed by atoms with Crippen LogP contribution in [0.5, 0.6) is 0 Å². The van der Waals surface area contributed by atoms with Crippen LogP contribution in [-0.4, -0.2) is 45.4 Å². The Bertz CT molecular complexity index is 447. The van der Waals surface area contributed by atoms with Crippen molar-refractivity contribution in [1.29, 1.82) is 5.26 Å². The maximum absolute atomic E-state index is 12.3. The summed E-state index contributed by atoms with van der Waals surface area (Å²) >= 11 is 0. The smallest absolute Gasteiger partial charge is 0.276 e. The molecule has 1 aromatic heterocycles. The van der Waals surface area contributed by atoms with Crippen molar-refractivity contribution in [2.45, 2.75) is 26.8 Å². The van der Waals surface area contributed by atoms with Crippen molar-refractivity contribution in [2.24, 2.45) is 11.7 Å². The van der Waals surface area contributed by atoms with E-state index in [2.05, 4.69) is 16.4 Å². The van der Waals surface area contributed by atoms with Crippen LogP contribution in [0.25, 0.3) is 0 Å². The minimum Gasteiger partial charge on any atom is -0.336 e. The van der Waals surface area contributed by atoms with Crippen molar-refractivity contribution >= 4 is 5.91 Å². The number of carbonyl (C=O) groups is 1. The van der Waals surface area contributed by atoms with Gasteiger partial charge in [-0.05, 0) is 5.92 Å². The van der Waals surface area contributed by atoms with Crippen LogP contribution < -0.4 is 5.73 Å². The lowest BCUT2D eigenvalue weighted by Gasteiger charge is -2.22. The molecular weight excluding hydrogens is 244 g/mol. The number of nitriles is 1. The summed E-state index contributed by atoms with van der Waals surface area (Å²) in [6.45, 7) is 6.04. The highest BCUT2D eigenvalue weighted by molar-refractivity contribution is 5.91. The molecule has 1 heterocycles. The van der Waals surface area contributed by atoms with E-state index < -0.39 is 0 Å². The zero-order valence-electron chi connectivity index (χ0n) is 11.4. The fraction of sp³-hybridized carbons (Fsp3) is 0.667. The molecule has 0 saturated carbocycles. The highest BCUT2D eigenvalue weighted by Crippen LogP contribution is 2.06. The third-order valence-electron chi connectivity index (χ3n) is 2.48. The van der Waals surface area contributed by atoms with Crippen LogP contribution in [0.3, 0.4) is 0 Å². The average molecular weight is 264 g/mol. The summed E-state index contributed by atoms with van der Waals surface area (Å²) in [6.07, 6.45) is 1.91. The monoisotopic (exact) mass is 264 g/mol. The maximum atomic E-state index is 12.3. The van der Waals surface area contributed by atoms with Crippen molar-refractivity contribution in [1.82, 2.24) is 19.9 Å². The first-order valence-electron chi connectivity index (χ1n) is 6.35. The van der Waals surface area contributed by atoms with E-state index in [1.807, 2.05) is 13.8 Å². The van der Waals surface area contributed by atoms with E-state index in [9.17, 15) is 4.79 Å². The third kappa shape index (κ3) is 4.67. The average Bonchev–Trinajstić information content (AvgIpc) is 2.82. The van der Waals surface area contributed by atoms with E-state index in [0.29, 0.717) is 44.2 Å². The molecule has 0 saturated heterocycles. The molecule has 19 heavy (non-hydrogen) atoms. The van der Waals surface area contributed by atoms with E-state index >= 15 is 0 Å². The fourth-order valence-corrected chi connectivity index (χ4v) is 1.70. The van der Waals surface area contributed by atoms with E-state index in [1.54, 1.807) is 15.8 Å². The molecule has 2 N–H and O–H groups in total. The Morgan fingerprint density at radius 1 is 1.63 bits per heavy atom. The third-order valence-corrected chi connectivity index (χ3v) is 2.48. The van der Waals surface area contributed by atoms with Crippen LogP contribution in [-0.2, 0) is 6.54 Å². The van der Waals surface area contributed by atoms with Gasteiger partial charge in [0.25, 0.3) is 5.91 Å². The molecule has 1 aromatic rings. The normalized spacial score (nSPS) is 10.5. The molecule has 0 aromatic carbocycles. The fourth-order valence-electron chi connectivity index (χ4n) is 1.70. The zero-order valence-corrected chi connectivity index (χ0v) is 11.4. The second-order valence-electron chi connectivity index (χ2n) is 4.71. The van der Waals surface area contributed by atoms with Gasteiger partial charge in [0.2, 0.25) is 0 Å². The molecule has 0 fully saturated rings. The van der Waals surface area contributed by atoms with Crippen molar-refractivity contribution < 1.29 is 4.79 Å². The second-order valence-corrected chi connectivity index (χ2v) is 4.71. The molecule has 0 aliphatic heterocycles. The SMILES string of the molecule is CC(C)CN(CCC#N)C(=O)c1cn(CCN)nn1. The number of amides is 1. The largest absolute Gasteiger partial charge is 0.336 e. The first-order valence-corrected chi connectivity index (χ1v) is 6.35. The molecular formula is C12H20N6O. The van der Waals surface area contributed by atoms with Crippen LogP contribution in [0.15, 0.2) is 6.20 Å². The van der Waals surface area contributed by atoms with E-state index in [1.165, 1.54) is 0 Å². The van der Waals surface area contributed by atoms with Gasteiger partial charge >= 0.3 is 0 Å². The lowest BCUT2D eigenvalue weighted by atomic mass is 10.2.